The standard InChI is InChI=1S/C20H39NO/c1-2-3-4-5-6-7-8-9-10-11-12-13-14-15-16-17-18-20(21)19-22/h9-10,19-20H,2-8,11-18,21H2,1H3/b10-9-. The molecular formula is C20H39NO. The van der Waals surface area contributed by atoms with Crippen molar-refractivity contribution in [3.63, 3.8) is 0 Å². The summed E-state index contributed by atoms with van der Waals surface area (Å²) in [6.07, 6.45) is 24.9. The van der Waals surface area contributed by atoms with Crippen molar-refractivity contribution in [1.29, 1.82) is 0 Å². The van der Waals surface area contributed by atoms with Crippen molar-refractivity contribution >= 4 is 6.29 Å². The Labute approximate surface area is 138 Å². The van der Waals surface area contributed by atoms with Crippen LogP contribution in [0.4, 0.5) is 0 Å². The van der Waals surface area contributed by atoms with E-state index in [4.69, 9.17) is 5.73 Å². The van der Waals surface area contributed by atoms with E-state index in [0.717, 1.165) is 19.1 Å². The second kappa shape index (κ2) is 18.4. The van der Waals surface area contributed by atoms with Crippen molar-refractivity contribution in [2.45, 2.75) is 109 Å². The van der Waals surface area contributed by atoms with Gasteiger partial charge in [-0.25, -0.2) is 0 Å². The van der Waals surface area contributed by atoms with Gasteiger partial charge in [0, 0.05) is 0 Å². The third kappa shape index (κ3) is 17.4. The molecule has 1 unspecified atom stereocenters. The van der Waals surface area contributed by atoms with E-state index >= 15 is 0 Å². The first-order valence-corrected chi connectivity index (χ1v) is 9.67. The minimum absolute atomic E-state index is 0.239. The largest absolute Gasteiger partial charge is 0.322 e. The van der Waals surface area contributed by atoms with Gasteiger partial charge in [-0.15, -0.1) is 0 Å². The van der Waals surface area contributed by atoms with Gasteiger partial charge in [0.1, 0.15) is 6.29 Å². The Morgan fingerprint density at radius 3 is 1.68 bits per heavy atom. The summed E-state index contributed by atoms with van der Waals surface area (Å²) in [6, 6.07) is -0.239. The Morgan fingerprint density at radius 2 is 1.18 bits per heavy atom. The molecule has 0 bridgehead atoms. The molecule has 2 heteroatoms. The highest BCUT2D eigenvalue weighted by Crippen LogP contribution is 2.10. The van der Waals surface area contributed by atoms with E-state index in [9.17, 15) is 4.79 Å². The summed E-state index contributed by atoms with van der Waals surface area (Å²) in [4.78, 5) is 10.4. The summed E-state index contributed by atoms with van der Waals surface area (Å²) in [5.41, 5.74) is 5.56. The highest BCUT2D eigenvalue weighted by atomic mass is 16.1. The molecule has 0 saturated carbocycles. The number of carbonyl (C=O) groups excluding carboxylic acids is 1. The zero-order chi connectivity index (χ0) is 16.3. The molecule has 0 aliphatic carbocycles. The molecule has 0 rings (SSSR count). The molecule has 0 aliphatic rings. The van der Waals surface area contributed by atoms with Crippen LogP contribution in [0.25, 0.3) is 0 Å². The molecule has 1 atom stereocenters. The number of unbranched alkanes of at least 4 members (excludes halogenated alkanes) is 12. The molecule has 22 heavy (non-hydrogen) atoms. The first kappa shape index (κ1) is 21.4. The maximum atomic E-state index is 10.4. The van der Waals surface area contributed by atoms with E-state index in [-0.39, 0.29) is 6.04 Å². The van der Waals surface area contributed by atoms with Crippen LogP contribution < -0.4 is 5.73 Å². The van der Waals surface area contributed by atoms with Gasteiger partial charge < -0.3 is 10.5 Å². The molecule has 0 saturated heterocycles. The molecule has 0 fully saturated rings. The third-order valence-electron chi connectivity index (χ3n) is 4.22. The fraction of sp³-hybridized carbons (Fsp3) is 0.850. The van der Waals surface area contributed by atoms with Crippen molar-refractivity contribution in [3.8, 4) is 0 Å². The minimum Gasteiger partial charge on any atom is -0.322 e. The summed E-state index contributed by atoms with van der Waals surface area (Å²) >= 11 is 0. The monoisotopic (exact) mass is 309 g/mol. The number of hydrogen-bond donors (Lipinski definition) is 1. The van der Waals surface area contributed by atoms with Crippen LogP contribution >= 0.6 is 0 Å². The van der Waals surface area contributed by atoms with Gasteiger partial charge in [-0.05, 0) is 32.1 Å². The molecule has 2 nitrogen and oxygen atoms in total. The van der Waals surface area contributed by atoms with Crippen molar-refractivity contribution in [2.75, 3.05) is 0 Å². The average molecular weight is 310 g/mol. The lowest BCUT2D eigenvalue weighted by Crippen LogP contribution is -2.20. The molecule has 0 radical (unpaired) electrons. The summed E-state index contributed by atoms with van der Waals surface area (Å²) in [7, 11) is 0. The van der Waals surface area contributed by atoms with Gasteiger partial charge in [0.05, 0.1) is 6.04 Å². The summed E-state index contributed by atoms with van der Waals surface area (Å²) < 4.78 is 0. The van der Waals surface area contributed by atoms with Gasteiger partial charge in [-0.2, -0.15) is 0 Å². The molecule has 0 aliphatic heterocycles. The second-order valence-electron chi connectivity index (χ2n) is 6.53. The summed E-state index contributed by atoms with van der Waals surface area (Å²) in [6.45, 7) is 2.27. The van der Waals surface area contributed by atoms with Crippen LogP contribution in [0.2, 0.25) is 0 Å². The molecule has 0 aromatic rings. The lowest BCUT2D eigenvalue weighted by Gasteiger charge is -2.03. The predicted octanol–water partition coefficient (Wildman–Crippen LogP) is 5.94. The van der Waals surface area contributed by atoms with Crippen LogP contribution in [0.3, 0.4) is 0 Å². The number of allylic oxidation sites excluding steroid dienone is 2. The Balaban J connectivity index is 3.09. The zero-order valence-electron chi connectivity index (χ0n) is 14.9. The fourth-order valence-corrected chi connectivity index (χ4v) is 2.70. The molecule has 0 aromatic heterocycles. The topological polar surface area (TPSA) is 43.1 Å². The van der Waals surface area contributed by atoms with E-state index in [1.54, 1.807) is 0 Å². The minimum atomic E-state index is -0.239. The van der Waals surface area contributed by atoms with Crippen LogP contribution in [0, 0.1) is 0 Å². The van der Waals surface area contributed by atoms with Gasteiger partial charge in [0.2, 0.25) is 0 Å². The highest BCUT2D eigenvalue weighted by Gasteiger charge is 1.98. The molecule has 130 valence electrons. The quantitative estimate of drug-likeness (QED) is 0.205. The van der Waals surface area contributed by atoms with Crippen LogP contribution in [-0.2, 0) is 4.79 Å². The van der Waals surface area contributed by atoms with Crippen LogP contribution in [0.15, 0.2) is 12.2 Å². The lowest BCUT2D eigenvalue weighted by molar-refractivity contribution is -0.109. The Bertz CT molecular complexity index is 250. The maximum Gasteiger partial charge on any atom is 0.136 e. The predicted molar refractivity (Wildman–Crippen MR) is 98.1 cm³/mol. The van der Waals surface area contributed by atoms with Crippen molar-refractivity contribution in [1.82, 2.24) is 0 Å². The molecule has 0 spiro atoms. The number of rotatable bonds is 17. The molecule has 0 aromatic carbocycles. The second-order valence-corrected chi connectivity index (χ2v) is 6.53. The Kier molecular flexibility index (Phi) is 17.9. The van der Waals surface area contributed by atoms with Gasteiger partial charge >= 0.3 is 0 Å². The van der Waals surface area contributed by atoms with Gasteiger partial charge in [0.15, 0.2) is 0 Å². The van der Waals surface area contributed by atoms with E-state index in [0.29, 0.717) is 0 Å². The SMILES string of the molecule is CCCCCCCC/C=C\CCCCCCCCC(N)C=O. The van der Waals surface area contributed by atoms with E-state index in [2.05, 4.69) is 19.1 Å². The Morgan fingerprint density at radius 1 is 0.727 bits per heavy atom. The van der Waals surface area contributed by atoms with Crippen molar-refractivity contribution in [3.05, 3.63) is 12.2 Å². The van der Waals surface area contributed by atoms with Crippen molar-refractivity contribution < 1.29 is 4.79 Å². The number of nitrogens with two attached hydrogens (primary N) is 1. The summed E-state index contributed by atoms with van der Waals surface area (Å²) in [5.74, 6) is 0. The van der Waals surface area contributed by atoms with Crippen molar-refractivity contribution in [2.24, 2.45) is 5.73 Å². The normalized spacial score (nSPS) is 12.8. The summed E-state index contributed by atoms with van der Waals surface area (Å²) in [5, 5.41) is 0. The molecular weight excluding hydrogens is 270 g/mol. The first-order valence-electron chi connectivity index (χ1n) is 9.67. The zero-order valence-corrected chi connectivity index (χ0v) is 14.9. The van der Waals surface area contributed by atoms with E-state index in [1.807, 2.05) is 0 Å². The third-order valence-corrected chi connectivity index (χ3v) is 4.22. The fourth-order valence-electron chi connectivity index (χ4n) is 2.70. The Hall–Kier alpha value is -0.630. The first-order chi connectivity index (χ1) is 10.8. The molecule has 0 amide bonds. The number of aldehydes is 1. The van der Waals surface area contributed by atoms with Crippen LogP contribution in [-0.4, -0.2) is 12.3 Å². The lowest BCUT2D eigenvalue weighted by atomic mass is 10.1. The van der Waals surface area contributed by atoms with Crippen LogP contribution in [0.1, 0.15) is 103 Å². The van der Waals surface area contributed by atoms with Gasteiger partial charge in [-0.3, -0.25) is 0 Å². The number of carbonyl (C=O) groups is 1. The molecule has 0 heterocycles. The van der Waals surface area contributed by atoms with Gasteiger partial charge in [0.25, 0.3) is 0 Å². The van der Waals surface area contributed by atoms with E-state index in [1.165, 1.54) is 83.5 Å². The number of hydrogen-bond acceptors (Lipinski definition) is 2. The average Bonchev–Trinajstić information content (AvgIpc) is 2.54. The van der Waals surface area contributed by atoms with E-state index < -0.39 is 0 Å². The maximum absolute atomic E-state index is 10.4. The highest BCUT2D eigenvalue weighted by molar-refractivity contribution is 5.56. The molecule has 2 N–H and O–H groups in total. The van der Waals surface area contributed by atoms with Crippen LogP contribution in [0.5, 0.6) is 0 Å². The van der Waals surface area contributed by atoms with Gasteiger partial charge in [-0.1, -0.05) is 83.3 Å². The smallest absolute Gasteiger partial charge is 0.136 e.